The van der Waals surface area contributed by atoms with Gasteiger partial charge in [-0.25, -0.2) is 0 Å². The lowest BCUT2D eigenvalue weighted by Crippen LogP contribution is -2.35. The van der Waals surface area contributed by atoms with E-state index in [1.54, 1.807) is 24.3 Å². The zero-order valence-electron chi connectivity index (χ0n) is 12.3. The maximum absolute atomic E-state index is 11.8. The first kappa shape index (κ1) is 15.6. The topological polar surface area (TPSA) is 67.4 Å². The Kier molecular flexibility index (Phi) is 5.54. The van der Waals surface area contributed by atoms with Crippen LogP contribution in [0.15, 0.2) is 54.6 Å². The Morgan fingerprint density at radius 3 is 2.36 bits per heavy atom. The van der Waals surface area contributed by atoms with Crippen LogP contribution < -0.4 is 15.4 Å². The van der Waals surface area contributed by atoms with Gasteiger partial charge in [0.05, 0.1) is 5.69 Å². The Labute approximate surface area is 129 Å². The van der Waals surface area contributed by atoms with Gasteiger partial charge in [-0.2, -0.15) is 0 Å². The number of rotatable bonds is 5. The molecule has 0 unspecified atom stereocenters. The predicted molar refractivity (Wildman–Crippen MR) is 84.9 cm³/mol. The average molecular weight is 298 g/mol. The molecule has 0 aliphatic carbocycles. The quantitative estimate of drug-likeness (QED) is 0.834. The van der Waals surface area contributed by atoms with E-state index in [4.69, 9.17) is 4.74 Å². The number of nitrogens with one attached hydrogen (secondary N) is 2. The molecule has 5 nitrogen and oxygen atoms in total. The third kappa shape index (κ3) is 4.34. The molecule has 5 heteroatoms. The summed E-state index contributed by atoms with van der Waals surface area (Å²) in [6.45, 7) is 2.38. The van der Waals surface area contributed by atoms with Gasteiger partial charge in [-0.3, -0.25) is 9.59 Å². The molecular weight excluding hydrogens is 280 g/mol. The van der Waals surface area contributed by atoms with Crippen molar-refractivity contribution in [2.24, 2.45) is 0 Å². The fourth-order valence-electron chi connectivity index (χ4n) is 1.77. The van der Waals surface area contributed by atoms with E-state index in [0.717, 1.165) is 6.42 Å². The van der Waals surface area contributed by atoms with Gasteiger partial charge in [-0.05, 0) is 30.7 Å². The molecule has 0 aliphatic heterocycles. The van der Waals surface area contributed by atoms with Crippen LogP contribution in [-0.2, 0) is 9.59 Å². The zero-order valence-corrected chi connectivity index (χ0v) is 12.3. The van der Waals surface area contributed by atoms with E-state index >= 15 is 0 Å². The van der Waals surface area contributed by atoms with Crippen molar-refractivity contribution in [3.05, 3.63) is 54.6 Å². The lowest BCUT2D eigenvalue weighted by Gasteiger charge is -2.12. The van der Waals surface area contributed by atoms with Crippen molar-refractivity contribution in [2.45, 2.75) is 13.3 Å². The van der Waals surface area contributed by atoms with Crippen molar-refractivity contribution in [3.8, 4) is 11.5 Å². The summed E-state index contributed by atoms with van der Waals surface area (Å²) in [7, 11) is 0. The van der Waals surface area contributed by atoms with E-state index in [1.165, 1.54) is 0 Å². The highest BCUT2D eigenvalue weighted by Gasteiger charge is 2.15. The van der Waals surface area contributed by atoms with Gasteiger partial charge in [-0.15, -0.1) is 0 Å². The number of benzene rings is 2. The minimum absolute atomic E-state index is 0.447. The van der Waals surface area contributed by atoms with Crippen LogP contribution in [0, 0.1) is 0 Å². The molecule has 0 spiro atoms. The van der Waals surface area contributed by atoms with Gasteiger partial charge in [0, 0.05) is 6.54 Å². The number of carbonyl (C=O) groups is 2. The van der Waals surface area contributed by atoms with Crippen molar-refractivity contribution in [2.75, 3.05) is 11.9 Å². The summed E-state index contributed by atoms with van der Waals surface area (Å²) in [5.74, 6) is -0.237. The van der Waals surface area contributed by atoms with Gasteiger partial charge in [0.25, 0.3) is 0 Å². The molecule has 0 radical (unpaired) electrons. The van der Waals surface area contributed by atoms with Crippen molar-refractivity contribution in [3.63, 3.8) is 0 Å². The molecule has 2 aromatic carbocycles. The second-order valence-electron chi connectivity index (χ2n) is 4.62. The minimum atomic E-state index is -0.711. The van der Waals surface area contributed by atoms with Crippen LogP contribution in [-0.4, -0.2) is 18.4 Å². The average Bonchev–Trinajstić information content (AvgIpc) is 2.55. The summed E-state index contributed by atoms with van der Waals surface area (Å²) in [4.78, 5) is 23.5. The van der Waals surface area contributed by atoms with E-state index < -0.39 is 11.8 Å². The Balaban J connectivity index is 2.08. The number of ether oxygens (including phenoxy) is 1. The monoisotopic (exact) mass is 298 g/mol. The van der Waals surface area contributed by atoms with Crippen molar-refractivity contribution in [1.82, 2.24) is 5.32 Å². The molecule has 0 fully saturated rings. The third-order valence-electron chi connectivity index (χ3n) is 2.85. The number of hydrogen-bond donors (Lipinski definition) is 2. The Morgan fingerprint density at radius 1 is 0.955 bits per heavy atom. The smallest absolute Gasteiger partial charge is 0.313 e. The summed E-state index contributed by atoms with van der Waals surface area (Å²) in [5, 5.41) is 5.09. The van der Waals surface area contributed by atoms with Gasteiger partial charge in [0.15, 0.2) is 5.75 Å². The van der Waals surface area contributed by atoms with Crippen LogP contribution in [0.3, 0.4) is 0 Å². The second-order valence-corrected chi connectivity index (χ2v) is 4.62. The van der Waals surface area contributed by atoms with E-state index in [0.29, 0.717) is 23.7 Å². The molecule has 0 atom stereocenters. The molecule has 0 bridgehead atoms. The number of para-hydroxylation sites is 3. The van der Waals surface area contributed by atoms with Crippen LogP contribution >= 0.6 is 0 Å². The van der Waals surface area contributed by atoms with E-state index in [-0.39, 0.29) is 0 Å². The van der Waals surface area contributed by atoms with Crippen LogP contribution in [0.25, 0.3) is 0 Å². The highest BCUT2D eigenvalue weighted by Crippen LogP contribution is 2.28. The highest BCUT2D eigenvalue weighted by atomic mass is 16.5. The molecule has 0 heterocycles. The summed E-state index contributed by atoms with van der Waals surface area (Å²) < 4.78 is 5.72. The molecule has 0 aromatic heterocycles. The lowest BCUT2D eigenvalue weighted by atomic mass is 10.2. The predicted octanol–water partition coefficient (Wildman–Crippen LogP) is 2.94. The van der Waals surface area contributed by atoms with Gasteiger partial charge in [0.2, 0.25) is 0 Å². The van der Waals surface area contributed by atoms with Crippen molar-refractivity contribution < 1.29 is 14.3 Å². The number of carbonyl (C=O) groups excluding carboxylic acids is 2. The molecule has 2 amide bonds. The summed E-state index contributed by atoms with van der Waals surface area (Å²) >= 11 is 0. The van der Waals surface area contributed by atoms with Crippen LogP contribution in [0.4, 0.5) is 5.69 Å². The molecule has 2 aromatic rings. The maximum atomic E-state index is 11.8. The van der Waals surface area contributed by atoms with E-state index in [2.05, 4.69) is 10.6 Å². The molecular formula is C17H18N2O3. The first-order chi connectivity index (χ1) is 10.7. The minimum Gasteiger partial charge on any atom is -0.455 e. The summed E-state index contributed by atoms with van der Waals surface area (Å²) in [5.41, 5.74) is 0.447. The molecule has 2 rings (SSSR count). The SMILES string of the molecule is CCCNC(=O)C(=O)Nc1ccccc1Oc1ccccc1. The molecule has 114 valence electrons. The normalized spacial score (nSPS) is 9.86. The van der Waals surface area contributed by atoms with Crippen LogP contribution in [0.5, 0.6) is 11.5 Å². The first-order valence-corrected chi connectivity index (χ1v) is 7.12. The van der Waals surface area contributed by atoms with Crippen molar-refractivity contribution >= 4 is 17.5 Å². The Hall–Kier alpha value is -2.82. The summed E-state index contributed by atoms with van der Waals surface area (Å²) in [6, 6.07) is 16.2. The molecule has 0 saturated carbocycles. The number of anilines is 1. The number of hydrogen-bond acceptors (Lipinski definition) is 3. The van der Waals surface area contributed by atoms with Gasteiger partial charge >= 0.3 is 11.8 Å². The molecule has 2 N–H and O–H groups in total. The first-order valence-electron chi connectivity index (χ1n) is 7.12. The van der Waals surface area contributed by atoms with Gasteiger partial charge < -0.3 is 15.4 Å². The zero-order chi connectivity index (χ0) is 15.8. The van der Waals surface area contributed by atoms with Gasteiger partial charge in [-0.1, -0.05) is 37.3 Å². The number of amides is 2. The highest BCUT2D eigenvalue weighted by molar-refractivity contribution is 6.39. The van der Waals surface area contributed by atoms with Crippen molar-refractivity contribution in [1.29, 1.82) is 0 Å². The largest absolute Gasteiger partial charge is 0.455 e. The molecule has 0 aliphatic rings. The summed E-state index contributed by atoms with van der Waals surface area (Å²) in [6.07, 6.45) is 0.771. The fraction of sp³-hybridized carbons (Fsp3) is 0.176. The molecule has 0 saturated heterocycles. The maximum Gasteiger partial charge on any atom is 0.313 e. The third-order valence-corrected chi connectivity index (χ3v) is 2.85. The van der Waals surface area contributed by atoms with Crippen LogP contribution in [0.1, 0.15) is 13.3 Å². The fourth-order valence-corrected chi connectivity index (χ4v) is 1.77. The molecule has 22 heavy (non-hydrogen) atoms. The standard InChI is InChI=1S/C17H18N2O3/c1-2-12-18-16(20)17(21)19-14-10-6-7-11-15(14)22-13-8-4-3-5-9-13/h3-11H,2,12H2,1H3,(H,18,20)(H,19,21). The van der Waals surface area contributed by atoms with Crippen LogP contribution in [0.2, 0.25) is 0 Å². The van der Waals surface area contributed by atoms with Gasteiger partial charge in [0.1, 0.15) is 5.75 Å². The lowest BCUT2D eigenvalue weighted by molar-refractivity contribution is -0.136. The Bertz CT molecular complexity index is 641. The van der Waals surface area contributed by atoms with E-state index in [1.807, 2.05) is 37.3 Å². The van der Waals surface area contributed by atoms with E-state index in [9.17, 15) is 9.59 Å². The second kappa shape index (κ2) is 7.83. The Morgan fingerprint density at radius 2 is 1.64 bits per heavy atom.